The Morgan fingerprint density at radius 2 is 2.04 bits per heavy atom. The molecule has 1 N–H and O–H groups in total. The fourth-order valence-electron chi connectivity index (χ4n) is 3.09. The summed E-state index contributed by atoms with van der Waals surface area (Å²) in [5.41, 5.74) is 1.41. The number of amides is 1. The Bertz CT molecular complexity index is 857. The minimum absolute atomic E-state index is 0.133. The first kappa shape index (κ1) is 19.3. The maximum absolute atomic E-state index is 13.6. The van der Waals surface area contributed by atoms with Crippen molar-refractivity contribution in [3.05, 3.63) is 59.7 Å². The third-order valence-electron chi connectivity index (χ3n) is 4.46. The standard InChI is InChI=1S/C18H17F3N3O2P/c1-11-4-2-3-5-15(11)16(17(25)23-13-7-18(20,21)8-13)24(27-26)14-6-12(19)9-22-10-14/h2-6,9-10,13,16H,7-8H2,1H3,(H,23,25)/t16-/m0/s1. The van der Waals surface area contributed by atoms with Gasteiger partial charge in [-0.25, -0.2) is 17.7 Å². The molecule has 1 aliphatic rings. The highest BCUT2D eigenvalue weighted by Crippen LogP contribution is 2.39. The van der Waals surface area contributed by atoms with E-state index in [1.165, 1.54) is 6.20 Å². The van der Waals surface area contributed by atoms with E-state index in [0.717, 1.165) is 22.5 Å². The van der Waals surface area contributed by atoms with E-state index in [9.17, 15) is 22.5 Å². The molecule has 0 spiro atoms. The highest BCUT2D eigenvalue weighted by atomic mass is 31.1. The van der Waals surface area contributed by atoms with Gasteiger partial charge in [-0.15, -0.1) is 0 Å². The largest absolute Gasteiger partial charge is 0.351 e. The monoisotopic (exact) mass is 395 g/mol. The number of aromatic nitrogens is 1. The van der Waals surface area contributed by atoms with Crippen LogP contribution >= 0.6 is 8.61 Å². The van der Waals surface area contributed by atoms with Crippen LogP contribution in [0.2, 0.25) is 0 Å². The molecule has 0 aliphatic heterocycles. The van der Waals surface area contributed by atoms with Gasteiger partial charge in [-0.1, -0.05) is 24.3 Å². The van der Waals surface area contributed by atoms with Crippen molar-refractivity contribution in [2.75, 3.05) is 4.67 Å². The Labute approximate surface area is 155 Å². The summed E-state index contributed by atoms with van der Waals surface area (Å²) in [7, 11) is -0.559. The van der Waals surface area contributed by atoms with E-state index in [-0.39, 0.29) is 5.69 Å². The Morgan fingerprint density at radius 1 is 1.33 bits per heavy atom. The van der Waals surface area contributed by atoms with Crippen LogP contribution in [0.5, 0.6) is 0 Å². The number of nitrogens with one attached hydrogen (secondary N) is 1. The third kappa shape index (κ3) is 4.27. The molecule has 27 heavy (non-hydrogen) atoms. The van der Waals surface area contributed by atoms with Crippen LogP contribution in [-0.4, -0.2) is 22.9 Å². The summed E-state index contributed by atoms with van der Waals surface area (Å²) in [4.78, 5) is 16.6. The molecule has 1 aromatic heterocycles. The first-order valence-corrected chi connectivity index (χ1v) is 9.04. The van der Waals surface area contributed by atoms with Gasteiger partial charge in [-0.05, 0) is 18.1 Å². The van der Waals surface area contributed by atoms with Gasteiger partial charge in [0.2, 0.25) is 5.91 Å². The molecule has 1 atom stereocenters. The van der Waals surface area contributed by atoms with Gasteiger partial charge in [-0.2, -0.15) is 0 Å². The number of halogens is 3. The van der Waals surface area contributed by atoms with Gasteiger partial charge in [0.05, 0.1) is 18.1 Å². The van der Waals surface area contributed by atoms with Crippen LogP contribution in [0.3, 0.4) is 0 Å². The molecule has 0 unspecified atom stereocenters. The lowest BCUT2D eigenvalue weighted by Crippen LogP contribution is -2.52. The van der Waals surface area contributed by atoms with Crippen LogP contribution in [0.4, 0.5) is 18.9 Å². The number of pyridine rings is 1. The molecule has 1 aliphatic carbocycles. The molecule has 2 aromatic rings. The number of hydrogen-bond donors (Lipinski definition) is 1. The minimum Gasteiger partial charge on any atom is -0.351 e. The van der Waals surface area contributed by atoms with Crippen LogP contribution in [0.25, 0.3) is 0 Å². The van der Waals surface area contributed by atoms with Gasteiger partial charge in [0.15, 0.2) is 0 Å². The van der Waals surface area contributed by atoms with Crippen molar-refractivity contribution in [2.45, 2.75) is 37.8 Å². The molecular weight excluding hydrogens is 378 g/mol. The smallest absolute Gasteiger partial charge is 0.283 e. The second kappa shape index (κ2) is 7.64. The molecule has 1 aromatic carbocycles. The van der Waals surface area contributed by atoms with Gasteiger partial charge >= 0.3 is 0 Å². The van der Waals surface area contributed by atoms with Gasteiger partial charge < -0.3 is 5.32 Å². The summed E-state index contributed by atoms with van der Waals surface area (Å²) in [6.07, 6.45) is 1.40. The number of carbonyl (C=O) groups is 1. The van der Waals surface area contributed by atoms with Crippen molar-refractivity contribution in [2.24, 2.45) is 0 Å². The van der Waals surface area contributed by atoms with Crippen molar-refractivity contribution in [1.29, 1.82) is 0 Å². The molecule has 0 saturated heterocycles. The van der Waals surface area contributed by atoms with Crippen LogP contribution in [0, 0.1) is 12.7 Å². The van der Waals surface area contributed by atoms with Crippen molar-refractivity contribution >= 4 is 20.2 Å². The summed E-state index contributed by atoms with van der Waals surface area (Å²) >= 11 is 0. The number of anilines is 1. The molecule has 1 amide bonds. The third-order valence-corrected chi connectivity index (χ3v) is 5.09. The fourth-order valence-corrected chi connectivity index (χ4v) is 3.62. The summed E-state index contributed by atoms with van der Waals surface area (Å²) in [6.45, 7) is 1.77. The van der Waals surface area contributed by atoms with E-state index >= 15 is 0 Å². The fraction of sp³-hybridized carbons (Fsp3) is 0.333. The maximum Gasteiger partial charge on any atom is 0.283 e. The van der Waals surface area contributed by atoms with E-state index in [1.54, 1.807) is 31.2 Å². The lowest BCUT2D eigenvalue weighted by Gasteiger charge is -2.37. The minimum atomic E-state index is -2.78. The van der Waals surface area contributed by atoms with Gasteiger partial charge in [0.25, 0.3) is 14.5 Å². The molecule has 3 rings (SSSR count). The summed E-state index contributed by atoms with van der Waals surface area (Å²) < 4.78 is 52.8. The summed E-state index contributed by atoms with van der Waals surface area (Å²) in [5, 5.41) is 2.58. The summed E-state index contributed by atoms with van der Waals surface area (Å²) in [5.74, 6) is -4.01. The molecule has 1 saturated carbocycles. The van der Waals surface area contributed by atoms with Gasteiger partial charge in [0, 0.05) is 24.9 Å². The first-order chi connectivity index (χ1) is 12.8. The average Bonchev–Trinajstić information content (AvgIpc) is 2.58. The van der Waals surface area contributed by atoms with Crippen molar-refractivity contribution in [3.63, 3.8) is 0 Å². The zero-order valence-corrected chi connectivity index (χ0v) is 15.3. The number of hydrogen-bond acceptors (Lipinski definition) is 3. The van der Waals surface area contributed by atoms with E-state index in [0.29, 0.717) is 5.56 Å². The van der Waals surface area contributed by atoms with Crippen molar-refractivity contribution in [1.82, 2.24) is 10.3 Å². The predicted molar refractivity (Wildman–Crippen MR) is 94.3 cm³/mol. The number of alkyl halides is 2. The number of nitrogens with zero attached hydrogens (tertiary/aromatic N) is 2. The van der Waals surface area contributed by atoms with Gasteiger partial charge in [-0.3, -0.25) is 14.4 Å². The number of aryl methyl sites for hydroxylation is 1. The Hall–Kier alpha value is -2.47. The van der Waals surface area contributed by atoms with Crippen LogP contribution < -0.4 is 9.99 Å². The first-order valence-electron chi connectivity index (χ1n) is 8.27. The molecule has 142 valence electrons. The van der Waals surface area contributed by atoms with Crippen LogP contribution in [0.1, 0.15) is 30.0 Å². The molecule has 0 bridgehead atoms. The molecule has 5 nitrogen and oxygen atoms in total. The van der Waals surface area contributed by atoms with Gasteiger partial charge in [0.1, 0.15) is 11.9 Å². The topological polar surface area (TPSA) is 62.3 Å². The number of carbonyl (C=O) groups excluding carboxylic acids is 1. The predicted octanol–water partition coefficient (Wildman–Crippen LogP) is 4.20. The van der Waals surface area contributed by atoms with Crippen LogP contribution in [-0.2, 0) is 9.36 Å². The normalized spacial score (nSPS) is 17.2. The Balaban J connectivity index is 1.95. The van der Waals surface area contributed by atoms with Crippen LogP contribution in [0.15, 0.2) is 42.7 Å². The molecule has 1 heterocycles. The maximum atomic E-state index is 13.6. The highest BCUT2D eigenvalue weighted by Gasteiger charge is 2.47. The molecule has 0 radical (unpaired) electrons. The highest BCUT2D eigenvalue weighted by molar-refractivity contribution is 7.26. The molecular formula is C18H17F3N3O2P. The van der Waals surface area contributed by atoms with E-state index in [1.807, 2.05) is 0 Å². The number of rotatable bonds is 6. The second-order valence-electron chi connectivity index (χ2n) is 6.52. The molecule has 1 fully saturated rings. The van der Waals surface area contributed by atoms with Crippen molar-refractivity contribution < 1.29 is 22.5 Å². The van der Waals surface area contributed by atoms with E-state index in [4.69, 9.17) is 0 Å². The quantitative estimate of drug-likeness (QED) is 0.745. The SMILES string of the molecule is Cc1ccccc1[C@@H](C(=O)NC1CC(F)(F)C1)N(P=O)c1cncc(F)c1. The van der Waals surface area contributed by atoms with E-state index < -0.39 is 51.2 Å². The molecule has 9 heteroatoms. The Kier molecular flexibility index (Phi) is 5.46. The lowest BCUT2D eigenvalue weighted by molar-refractivity contribution is -0.130. The Morgan fingerprint density at radius 3 is 2.63 bits per heavy atom. The van der Waals surface area contributed by atoms with E-state index in [2.05, 4.69) is 10.3 Å². The zero-order chi connectivity index (χ0) is 19.6. The second-order valence-corrected chi connectivity index (χ2v) is 7.11. The number of benzene rings is 1. The lowest BCUT2D eigenvalue weighted by atomic mass is 9.87. The average molecular weight is 395 g/mol. The van der Waals surface area contributed by atoms with Crippen molar-refractivity contribution in [3.8, 4) is 0 Å². The zero-order valence-electron chi connectivity index (χ0n) is 14.4. The summed E-state index contributed by atoms with van der Waals surface area (Å²) in [6, 6.07) is 6.30.